The lowest BCUT2D eigenvalue weighted by atomic mass is 10.0. The zero-order valence-corrected chi connectivity index (χ0v) is 14.5. The van der Waals surface area contributed by atoms with Crippen molar-refractivity contribution in [2.45, 2.75) is 52.1 Å². The van der Waals surface area contributed by atoms with Crippen LogP contribution in [0.25, 0.3) is 11.3 Å². The first kappa shape index (κ1) is 15.6. The summed E-state index contributed by atoms with van der Waals surface area (Å²) in [4.78, 5) is 4.93. The molecule has 118 valence electrons. The van der Waals surface area contributed by atoms with Gasteiger partial charge in [0.05, 0.1) is 17.4 Å². The fraction of sp³-hybridized carbons (Fsp3) is 0.500. The zero-order valence-electron chi connectivity index (χ0n) is 13.8. The van der Waals surface area contributed by atoms with Crippen LogP contribution in [0.5, 0.6) is 0 Å². The van der Waals surface area contributed by atoms with Crippen LogP contribution in [-0.2, 0) is 5.54 Å². The van der Waals surface area contributed by atoms with E-state index in [2.05, 4.69) is 49.7 Å². The minimum atomic E-state index is -0.0180. The van der Waals surface area contributed by atoms with Gasteiger partial charge in [-0.25, -0.2) is 4.98 Å². The second-order valence-corrected chi connectivity index (χ2v) is 7.50. The molecular weight excluding hydrogens is 294 g/mol. The van der Waals surface area contributed by atoms with Gasteiger partial charge < -0.3 is 9.88 Å². The second kappa shape index (κ2) is 5.71. The number of aromatic nitrogens is 2. The maximum Gasteiger partial charge on any atom is 0.127 e. The van der Waals surface area contributed by atoms with Crippen LogP contribution < -0.4 is 5.32 Å². The van der Waals surface area contributed by atoms with Crippen LogP contribution >= 0.6 is 11.6 Å². The molecule has 0 spiro atoms. The smallest absolute Gasteiger partial charge is 0.127 e. The summed E-state index contributed by atoms with van der Waals surface area (Å²) < 4.78 is 2.40. The maximum atomic E-state index is 6.05. The number of hydrogen-bond acceptors (Lipinski definition) is 2. The Hall–Kier alpha value is -1.32. The molecule has 1 aliphatic heterocycles. The predicted octanol–water partition coefficient (Wildman–Crippen LogP) is 4.69. The summed E-state index contributed by atoms with van der Waals surface area (Å²) in [5, 5.41) is 4.35. The summed E-state index contributed by atoms with van der Waals surface area (Å²) in [6, 6.07) is 8.42. The summed E-state index contributed by atoms with van der Waals surface area (Å²) in [5.41, 5.74) is 3.44. The molecule has 1 N–H and O–H groups in total. The average molecular weight is 318 g/mol. The standard InChI is InChI=1S/C18H24ClN3/c1-12-16(13-7-9-14(19)10-8-13)22(18(2,3)4)17(21-12)15-6-5-11-20-15/h7-10,15,20H,5-6,11H2,1-4H3. The van der Waals surface area contributed by atoms with Crippen molar-refractivity contribution in [1.29, 1.82) is 0 Å². The summed E-state index contributed by atoms with van der Waals surface area (Å²) in [6.45, 7) is 9.91. The molecule has 3 rings (SSSR count). The summed E-state index contributed by atoms with van der Waals surface area (Å²) >= 11 is 6.05. The molecule has 1 unspecified atom stereocenters. The molecule has 1 aromatic heterocycles. The Labute approximate surface area is 137 Å². The second-order valence-electron chi connectivity index (χ2n) is 7.07. The first-order valence-corrected chi connectivity index (χ1v) is 8.35. The summed E-state index contributed by atoms with van der Waals surface area (Å²) in [5.74, 6) is 1.16. The van der Waals surface area contributed by atoms with Crippen molar-refractivity contribution in [3.8, 4) is 11.3 Å². The molecule has 1 aromatic carbocycles. The molecule has 0 bridgehead atoms. The van der Waals surface area contributed by atoms with E-state index in [0.29, 0.717) is 6.04 Å². The van der Waals surface area contributed by atoms with Crippen LogP contribution in [0.4, 0.5) is 0 Å². The monoisotopic (exact) mass is 317 g/mol. The number of nitrogens with zero attached hydrogens (tertiary/aromatic N) is 2. The highest BCUT2D eigenvalue weighted by atomic mass is 35.5. The Morgan fingerprint density at radius 2 is 1.91 bits per heavy atom. The molecule has 4 heteroatoms. The van der Waals surface area contributed by atoms with E-state index < -0.39 is 0 Å². The third-order valence-electron chi connectivity index (χ3n) is 4.24. The normalized spacial score (nSPS) is 18.9. The van der Waals surface area contributed by atoms with Gasteiger partial charge in [-0.15, -0.1) is 0 Å². The third kappa shape index (κ3) is 2.80. The number of rotatable bonds is 2. The highest BCUT2D eigenvalue weighted by Gasteiger charge is 2.30. The molecule has 0 saturated carbocycles. The Morgan fingerprint density at radius 1 is 1.23 bits per heavy atom. The maximum absolute atomic E-state index is 6.05. The van der Waals surface area contributed by atoms with Crippen molar-refractivity contribution in [2.75, 3.05) is 6.54 Å². The Morgan fingerprint density at radius 3 is 2.45 bits per heavy atom. The van der Waals surface area contributed by atoms with E-state index in [-0.39, 0.29) is 5.54 Å². The lowest BCUT2D eigenvalue weighted by Crippen LogP contribution is -2.28. The van der Waals surface area contributed by atoms with Gasteiger partial charge >= 0.3 is 0 Å². The van der Waals surface area contributed by atoms with Crippen LogP contribution in [0.2, 0.25) is 5.02 Å². The van der Waals surface area contributed by atoms with Gasteiger partial charge in [0.2, 0.25) is 0 Å². The number of hydrogen-bond donors (Lipinski definition) is 1. The summed E-state index contributed by atoms with van der Waals surface area (Å²) in [6.07, 6.45) is 2.38. The minimum absolute atomic E-state index is 0.0180. The molecule has 2 aromatic rings. The Balaban J connectivity index is 2.18. The predicted molar refractivity (Wildman–Crippen MR) is 92.4 cm³/mol. The fourth-order valence-corrected chi connectivity index (χ4v) is 3.44. The number of benzene rings is 1. The van der Waals surface area contributed by atoms with Gasteiger partial charge in [-0.2, -0.15) is 0 Å². The van der Waals surface area contributed by atoms with E-state index in [0.717, 1.165) is 29.5 Å². The molecule has 1 aliphatic rings. The molecule has 2 heterocycles. The third-order valence-corrected chi connectivity index (χ3v) is 4.49. The lowest BCUT2D eigenvalue weighted by molar-refractivity contribution is 0.371. The van der Waals surface area contributed by atoms with Gasteiger partial charge in [0.25, 0.3) is 0 Å². The van der Waals surface area contributed by atoms with E-state index >= 15 is 0 Å². The van der Waals surface area contributed by atoms with E-state index in [9.17, 15) is 0 Å². The minimum Gasteiger partial charge on any atom is -0.321 e. The van der Waals surface area contributed by atoms with Gasteiger partial charge in [-0.3, -0.25) is 0 Å². The molecule has 1 saturated heterocycles. The highest BCUT2D eigenvalue weighted by molar-refractivity contribution is 6.30. The number of aryl methyl sites for hydroxylation is 1. The lowest BCUT2D eigenvalue weighted by Gasteiger charge is -2.28. The fourth-order valence-electron chi connectivity index (χ4n) is 3.31. The van der Waals surface area contributed by atoms with E-state index in [1.807, 2.05) is 12.1 Å². The SMILES string of the molecule is Cc1nc(C2CCCN2)n(C(C)(C)C)c1-c1ccc(Cl)cc1. The van der Waals surface area contributed by atoms with Crippen LogP contribution in [-0.4, -0.2) is 16.1 Å². The number of nitrogens with one attached hydrogen (secondary N) is 1. The molecular formula is C18H24ClN3. The van der Waals surface area contributed by atoms with E-state index in [1.165, 1.54) is 17.7 Å². The first-order valence-electron chi connectivity index (χ1n) is 7.97. The van der Waals surface area contributed by atoms with Crippen LogP contribution in [0, 0.1) is 6.92 Å². The van der Waals surface area contributed by atoms with Gasteiger partial charge in [0, 0.05) is 16.1 Å². The van der Waals surface area contributed by atoms with Gasteiger partial charge in [-0.1, -0.05) is 23.7 Å². The van der Waals surface area contributed by atoms with Crippen molar-refractivity contribution in [3.63, 3.8) is 0 Å². The van der Waals surface area contributed by atoms with E-state index in [1.54, 1.807) is 0 Å². The molecule has 1 atom stereocenters. The van der Waals surface area contributed by atoms with Crippen LogP contribution in [0.15, 0.2) is 24.3 Å². The molecule has 0 radical (unpaired) electrons. The van der Waals surface area contributed by atoms with Crippen LogP contribution in [0.3, 0.4) is 0 Å². The molecule has 0 aliphatic carbocycles. The molecule has 1 fully saturated rings. The summed E-state index contributed by atoms with van der Waals surface area (Å²) in [7, 11) is 0. The van der Waals surface area contributed by atoms with Gasteiger partial charge in [-0.05, 0) is 59.2 Å². The Bertz CT molecular complexity index is 659. The largest absolute Gasteiger partial charge is 0.321 e. The van der Waals surface area contributed by atoms with Crippen molar-refractivity contribution in [3.05, 3.63) is 40.8 Å². The van der Waals surface area contributed by atoms with Gasteiger partial charge in [0.1, 0.15) is 5.82 Å². The van der Waals surface area contributed by atoms with Crippen molar-refractivity contribution in [2.24, 2.45) is 0 Å². The molecule has 3 nitrogen and oxygen atoms in total. The van der Waals surface area contributed by atoms with Crippen molar-refractivity contribution in [1.82, 2.24) is 14.9 Å². The average Bonchev–Trinajstić information content (AvgIpc) is 3.06. The molecule has 0 amide bonds. The quantitative estimate of drug-likeness (QED) is 0.870. The van der Waals surface area contributed by atoms with Crippen molar-refractivity contribution >= 4 is 11.6 Å². The van der Waals surface area contributed by atoms with Crippen molar-refractivity contribution < 1.29 is 0 Å². The van der Waals surface area contributed by atoms with Crippen LogP contribution in [0.1, 0.15) is 51.2 Å². The zero-order chi connectivity index (χ0) is 15.9. The number of imidazole rings is 1. The molecule has 22 heavy (non-hydrogen) atoms. The highest BCUT2D eigenvalue weighted by Crippen LogP contribution is 2.35. The Kier molecular flexibility index (Phi) is 4.04. The first-order chi connectivity index (χ1) is 10.4. The number of halogens is 1. The topological polar surface area (TPSA) is 29.9 Å². The van der Waals surface area contributed by atoms with Gasteiger partial charge in [0.15, 0.2) is 0 Å². The van der Waals surface area contributed by atoms with E-state index in [4.69, 9.17) is 16.6 Å².